The molecule has 0 spiro atoms. The lowest BCUT2D eigenvalue weighted by Gasteiger charge is -2.41. The van der Waals surface area contributed by atoms with Gasteiger partial charge in [-0.2, -0.15) is 0 Å². The van der Waals surface area contributed by atoms with E-state index in [9.17, 15) is 26.8 Å². The molecule has 1 aromatic carbocycles. The SMILES string of the molecule is CC(C)(Oc1ccc(Cl)cc1S(C)(=O)=O)C(=O)NC1C[C@H]2CC[C@@H](C1)N2c1ccc(C(=O)NCC(F)F)cn1. The number of sulfone groups is 1. The van der Waals surface area contributed by atoms with E-state index in [0.29, 0.717) is 18.7 Å². The van der Waals surface area contributed by atoms with Crippen LogP contribution in [-0.2, 0) is 14.6 Å². The first-order valence-electron chi connectivity index (χ1n) is 12.5. The van der Waals surface area contributed by atoms with E-state index in [4.69, 9.17) is 16.3 Å². The lowest BCUT2D eigenvalue weighted by Crippen LogP contribution is -2.55. The Balaban J connectivity index is 1.39. The maximum atomic E-state index is 13.2. The number of fused-ring (bicyclic) bond motifs is 2. The summed E-state index contributed by atoms with van der Waals surface area (Å²) in [5.41, 5.74) is -1.15. The Morgan fingerprint density at radius 2 is 1.85 bits per heavy atom. The molecule has 2 saturated heterocycles. The summed E-state index contributed by atoms with van der Waals surface area (Å²) in [7, 11) is -3.64. The van der Waals surface area contributed by atoms with Crippen molar-refractivity contribution >= 4 is 39.1 Å². The van der Waals surface area contributed by atoms with E-state index in [1.54, 1.807) is 26.0 Å². The van der Waals surface area contributed by atoms with Gasteiger partial charge in [-0.05, 0) is 69.9 Å². The molecule has 0 saturated carbocycles. The Morgan fingerprint density at radius 1 is 1.18 bits per heavy atom. The second-order valence-corrected chi connectivity index (χ2v) is 12.8. The molecule has 13 heteroatoms. The predicted octanol–water partition coefficient (Wildman–Crippen LogP) is 3.61. The van der Waals surface area contributed by atoms with Crippen molar-refractivity contribution in [3.05, 3.63) is 47.1 Å². The number of carbonyl (C=O) groups excluding carboxylic acids is 2. The van der Waals surface area contributed by atoms with Crippen molar-refractivity contribution < 1.29 is 31.5 Å². The zero-order chi connectivity index (χ0) is 28.5. The Hall–Kier alpha value is -2.99. The van der Waals surface area contributed by atoms with Gasteiger partial charge in [0, 0.05) is 35.6 Å². The number of carbonyl (C=O) groups is 2. The highest BCUT2D eigenvalue weighted by atomic mass is 35.5. The highest BCUT2D eigenvalue weighted by Crippen LogP contribution is 2.39. The molecule has 2 fully saturated rings. The number of benzene rings is 1. The van der Waals surface area contributed by atoms with Crippen molar-refractivity contribution in [3.63, 3.8) is 0 Å². The van der Waals surface area contributed by atoms with Crippen LogP contribution in [0.1, 0.15) is 49.9 Å². The third-order valence-corrected chi connectivity index (χ3v) is 8.33. The molecular formula is C26H31ClF2N4O5S. The minimum absolute atomic E-state index is 0.0503. The summed E-state index contributed by atoms with van der Waals surface area (Å²) in [6.07, 6.45) is 2.98. The summed E-state index contributed by atoms with van der Waals surface area (Å²) in [6, 6.07) is 7.64. The van der Waals surface area contributed by atoms with Crippen molar-refractivity contribution in [2.75, 3.05) is 17.7 Å². The fourth-order valence-corrected chi connectivity index (χ4v) is 6.20. The molecule has 0 radical (unpaired) electrons. The van der Waals surface area contributed by atoms with Crippen LogP contribution in [0.5, 0.6) is 5.75 Å². The molecular weight excluding hydrogens is 554 g/mol. The van der Waals surface area contributed by atoms with Crippen LogP contribution in [0.25, 0.3) is 0 Å². The lowest BCUT2D eigenvalue weighted by atomic mass is 9.96. The van der Waals surface area contributed by atoms with Gasteiger partial charge in [0.2, 0.25) is 0 Å². The van der Waals surface area contributed by atoms with Crippen LogP contribution >= 0.6 is 11.6 Å². The van der Waals surface area contributed by atoms with Crippen molar-refractivity contribution in [2.24, 2.45) is 0 Å². The number of ether oxygens (including phenoxy) is 1. The minimum atomic E-state index is -3.64. The Morgan fingerprint density at radius 3 is 2.41 bits per heavy atom. The number of nitrogens with one attached hydrogen (secondary N) is 2. The summed E-state index contributed by atoms with van der Waals surface area (Å²) in [5, 5.41) is 5.47. The highest BCUT2D eigenvalue weighted by Gasteiger charge is 2.43. The van der Waals surface area contributed by atoms with Crippen molar-refractivity contribution in [2.45, 2.75) is 74.6 Å². The van der Waals surface area contributed by atoms with Crippen LogP contribution in [0.4, 0.5) is 14.6 Å². The molecule has 39 heavy (non-hydrogen) atoms. The normalized spacial score (nSPS) is 21.1. The number of hydrogen-bond acceptors (Lipinski definition) is 7. The van der Waals surface area contributed by atoms with E-state index in [0.717, 1.165) is 19.1 Å². The number of hydrogen-bond donors (Lipinski definition) is 2. The van der Waals surface area contributed by atoms with E-state index in [1.807, 2.05) is 0 Å². The quantitative estimate of drug-likeness (QED) is 0.462. The third-order valence-electron chi connectivity index (χ3n) is 6.98. The summed E-state index contributed by atoms with van der Waals surface area (Å²) in [5.74, 6) is -0.232. The average molecular weight is 585 g/mol. The zero-order valence-electron chi connectivity index (χ0n) is 21.8. The van der Waals surface area contributed by atoms with Crippen LogP contribution in [-0.4, -0.2) is 68.2 Å². The van der Waals surface area contributed by atoms with Gasteiger partial charge in [-0.25, -0.2) is 22.2 Å². The van der Waals surface area contributed by atoms with Crippen molar-refractivity contribution in [1.82, 2.24) is 15.6 Å². The maximum absolute atomic E-state index is 13.2. The van der Waals surface area contributed by atoms with Gasteiger partial charge in [0.25, 0.3) is 18.2 Å². The van der Waals surface area contributed by atoms with E-state index >= 15 is 0 Å². The summed E-state index contributed by atoms with van der Waals surface area (Å²) in [4.78, 5) is 31.8. The number of rotatable bonds is 9. The van der Waals surface area contributed by atoms with Crippen LogP contribution < -0.4 is 20.3 Å². The van der Waals surface area contributed by atoms with Crippen molar-refractivity contribution in [3.8, 4) is 5.75 Å². The topological polar surface area (TPSA) is 118 Å². The molecule has 2 bridgehead atoms. The van der Waals surface area contributed by atoms with Gasteiger partial charge in [-0.15, -0.1) is 0 Å². The fraction of sp³-hybridized carbons (Fsp3) is 0.500. The molecule has 3 atom stereocenters. The van der Waals surface area contributed by atoms with Crippen LogP contribution in [0.3, 0.4) is 0 Å². The monoisotopic (exact) mass is 584 g/mol. The molecule has 3 heterocycles. The van der Waals surface area contributed by atoms with Gasteiger partial charge in [0.15, 0.2) is 15.4 Å². The maximum Gasteiger partial charge on any atom is 0.263 e. The number of halogens is 3. The first-order chi connectivity index (χ1) is 18.2. The highest BCUT2D eigenvalue weighted by molar-refractivity contribution is 7.90. The number of alkyl halides is 2. The first-order valence-corrected chi connectivity index (χ1v) is 14.8. The molecule has 2 aliphatic rings. The molecule has 1 unspecified atom stereocenters. The molecule has 4 rings (SSSR count). The number of aromatic nitrogens is 1. The molecule has 2 amide bonds. The summed E-state index contributed by atoms with van der Waals surface area (Å²) < 4.78 is 55.0. The molecule has 1 aromatic heterocycles. The second-order valence-electron chi connectivity index (χ2n) is 10.4. The minimum Gasteiger partial charge on any atom is -0.477 e. The van der Waals surface area contributed by atoms with Crippen LogP contribution in [0, 0.1) is 0 Å². The zero-order valence-corrected chi connectivity index (χ0v) is 23.4. The standard InChI is InChI=1S/C26H31ClF2N4O5S/c1-26(2,38-20-8-5-16(27)10-21(20)39(3,36)37)25(35)32-17-11-18-6-7-19(12-17)33(18)23-9-4-15(13-30-23)24(34)31-14-22(28)29/h4-5,8-10,13,17-19,22H,6-7,11-12,14H2,1-3H3,(H,31,34)(H,32,35)/t17?,18-,19+. The Kier molecular flexibility index (Phi) is 8.36. The summed E-state index contributed by atoms with van der Waals surface area (Å²) >= 11 is 5.97. The van der Waals surface area contributed by atoms with Gasteiger partial charge in [-0.1, -0.05) is 11.6 Å². The molecule has 2 aliphatic heterocycles. The largest absolute Gasteiger partial charge is 0.477 e. The van der Waals surface area contributed by atoms with E-state index < -0.39 is 34.3 Å². The van der Waals surface area contributed by atoms with Crippen LogP contribution in [0.2, 0.25) is 5.02 Å². The van der Waals surface area contributed by atoms with Gasteiger partial charge in [-0.3, -0.25) is 9.59 Å². The first kappa shape index (κ1) is 29.0. The molecule has 9 nitrogen and oxygen atoms in total. The van der Waals surface area contributed by atoms with Gasteiger partial charge >= 0.3 is 0 Å². The molecule has 0 aliphatic carbocycles. The predicted molar refractivity (Wildman–Crippen MR) is 142 cm³/mol. The van der Waals surface area contributed by atoms with Crippen LogP contribution in [0.15, 0.2) is 41.4 Å². The third kappa shape index (κ3) is 6.78. The van der Waals surface area contributed by atoms with E-state index in [1.165, 1.54) is 24.4 Å². The molecule has 212 valence electrons. The smallest absolute Gasteiger partial charge is 0.263 e. The van der Waals surface area contributed by atoms with Gasteiger partial charge < -0.3 is 20.3 Å². The Labute approximate surface area is 231 Å². The average Bonchev–Trinajstić information content (AvgIpc) is 3.12. The Bertz CT molecular complexity index is 1330. The number of piperidine rings is 1. The molecule has 2 aromatic rings. The number of anilines is 1. The van der Waals surface area contributed by atoms with Gasteiger partial charge in [0.05, 0.1) is 12.1 Å². The van der Waals surface area contributed by atoms with Gasteiger partial charge in [0.1, 0.15) is 16.5 Å². The van der Waals surface area contributed by atoms with E-state index in [-0.39, 0.29) is 45.3 Å². The fourth-order valence-electron chi connectivity index (χ4n) is 5.15. The number of pyridine rings is 1. The molecule has 2 N–H and O–H groups in total. The second kappa shape index (κ2) is 11.2. The van der Waals surface area contributed by atoms with E-state index in [2.05, 4.69) is 20.5 Å². The lowest BCUT2D eigenvalue weighted by molar-refractivity contribution is -0.135. The number of nitrogens with zero attached hydrogens (tertiary/aromatic N) is 2. The number of amides is 2. The summed E-state index contributed by atoms with van der Waals surface area (Å²) in [6.45, 7) is 2.44. The van der Waals surface area contributed by atoms with Crippen molar-refractivity contribution in [1.29, 1.82) is 0 Å².